The average molecular weight is 368 g/mol. The molecule has 0 radical (unpaired) electrons. The molecule has 0 bridgehead atoms. The van der Waals surface area contributed by atoms with Gasteiger partial charge in [0.05, 0.1) is 19.8 Å². The number of hydrogen-bond acceptors (Lipinski definition) is 5. The fourth-order valence-corrected chi connectivity index (χ4v) is 2.37. The number of ether oxygens (including phenoxy) is 3. The van der Waals surface area contributed by atoms with Gasteiger partial charge in [-0.25, -0.2) is 4.79 Å². The van der Waals surface area contributed by atoms with E-state index in [1.54, 1.807) is 6.92 Å². The lowest BCUT2D eigenvalue weighted by Gasteiger charge is -2.21. The Bertz CT molecular complexity index is 712. The zero-order valence-corrected chi connectivity index (χ0v) is 15.3. The summed E-state index contributed by atoms with van der Waals surface area (Å²) in [4.78, 5) is 23.2. The summed E-state index contributed by atoms with van der Waals surface area (Å²) in [5, 5.41) is 0. The minimum absolute atomic E-state index is 0.267. The summed E-state index contributed by atoms with van der Waals surface area (Å²) in [6.45, 7) is 2.56. The van der Waals surface area contributed by atoms with Crippen molar-refractivity contribution in [2.45, 2.75) is 32.3 Å². The van der Waals surface area contributed by atoms with E-state index in [0.717, 1.165) is 11.1 Å². The highest BCUT2D eigenvalue weighted by Gasteiger charge is 2.21. The monoisotopic (exact) mass is 368 g/mol. The first-order valence-electron chi connectivity index (χ1n) is 8.84. The van der Waals surface area contributed by atoms with Crippen molar-refractivity contribution in [1.29, 1.82) is 0 Å². The number of carbonyl (C=O) groups excluding carboxylic acids is 2. The van der Waals surface area contributed by atoms with Crippen molar-refractivity contribution in [2.24, 2.45) is 0 Å². The van der Waals surface area contributed by atoms with Crippen molar-refractivity contribution >= 4 is 12.3 Å². The number of rotatable bonds is 11. The van der Waals surface area contributed by atoms with Crippen LogP contribution >= 0.6 is 0 Å². The lowest BCUT2D eigenvalue weighted by Crippen LogP contribution is -2.31. The molecule has 2 aromatic rings. The van der Waals surface area contributed by atoms with Crippen molar-refractivity contribution in [2.75, 3.05) is 6.61 Å². The summed E-state index contributed by atoms with van der Waals surface area (Å²) in [6, 6.07) is 19.1. The molecule has 2 rings (SSSR count). The Kier molecular flexibility index (Phi) is 8.96. The van der Waals surface area contributed by atoms with E-state index in [0.29, 0.717) is 6.29 Å². The highest BCUT2D eigenvalue weighted by molar-refractivity contribution is 5.82. The second kappa shape index (κ2) is 11.8. The molecule has 0 aliphatic heterocycles. The van der Waals surface area contributed by atoms with Gasteiger partial charge in [0.25, 0.3) is 0 Å². The van der Waals surface area contributed by atoms with Gasteiger partial charge in [0.15, 0.2) is 6.29 Å². The first-order valence-corrected chi connectivity index (χ1v) is 8.84. The van der Waals surface area contributed by atoms with Gasteiger partial charge in [-0.2, -0.15) is 0 Å². The van der Waals surface area contributed by atoms with Gasteiger partial charge in [0, 0.05) is 6.08 Å². The van der Waals surface area contributed by atoms with Crippen LogP contribution in [0.3, 0.4) is 0 Å². The highest BCUT2D eigenvalue weighted by atomic mass is 16.5. The van der Waals surface area contributed by atoms with Crippen molar-refractivity contribution in [1.82, 2.24) is 0 Å². The molecule has 0 aliphatic rings. The molecular weight excluding hydrogens is 344 g/mol. The predicted octanol–water partition coefficient (Wildman–Crippen LogP) is 3.48. The standard InChI is InChI=1S/C22H24O5/c1-2-25-22(24)14-13-20(26-16-18-9-5-3-6-10-18)21(15-23)27-17-19-11-7-4-8-12-19/h3-15,20-21H,2,16-17H2,1H3/b14-13+. The third-order valence-electron chi connectivity index (χ3n) is 3.74. The third-order valence-corrected chi connectivity index (χ3v) is 3.74. The van der Waals surface area contributed by atoms with Crippen LogP contribution in [0.4, 0.5) is 0 Å². The van der Waals surface area contributed by atoms with E-state index in [-0.39, 0.29) is 19.8 Å². The van der Waals surface area contributed by atoms with Crippen LogP contribution in [0.5, 0.6) is 0 Å². The number of benzene rings is 2. The largest absolute Gasteiger partial charge is 0.463 e. The number of hydrogen-bond donors (Lipinski definition) is 0. The van der Waals surface area contributed by atoms with Crippen LogP contribution in [0.2, 0.25) is 0 Å². The Morgan fingerprint density at radius 2 is 1.41 bits per heavy atom. The lowest BCUT2D eigenvalue weighted by atomic mass is 10.2. The number of carbonyl (C=O) groups is 2. The van der Waals surface area contributed by atoms with Gasteiger partial charge >= 0.3 is 5.97 Å². The maximum Gasteiger partial charge on any atom is 0.330 e. The van der Waals surface area contributed by atoms with Crippen molar-refractivity contribution in [3.05, 3.63) is 83.9 Å². The second-order valence-electron chi connectivity index (χ2n) is 5.77. The zero-order valence-electron chi connectivity index (χ0n) is 15.3. The normalized spacial score (nSPS) is 13.2. The van der Waals surface area contributed by atoms with Gasteiger partial charge in [0.2, 0.25) is 0 Å². The Labute approximate surface area is 159 Å². The maximum absolute atomic E-state index is 11.6. The summed E-state index contributed by atoms with van der Waals surface area (Å²) in [6.07, 6.45) is 1.90. The van der Waals surface area contributed by atoms with Gasteiger partial charge in [-0.15, -0.1) is 0 Å². The molecule has 27 heavy (non-hydrogen) atoms. The molecule has 5 heteroatoms. The highest BCUT2D eigenvalue weighted by Crippen LogP contribution is 2.12. The first kappa shape index (κ1) is 20.6. The van der Waals surface area contributed by atoms with Crippen LogP contribution in [0.15, 0.2) is 72.8 Å². The maximum atomic E-state index is 11.6. The van der Waals surface area contributed by atoms with Crippen LogP contribution in [0, 0.1) is 0 Å². The molecule has 0 fully saturated rings. The summed E-state index contributed by atoms with van der Waals surface area (Å²) >= 11 is 0. The minimum atomic E-state index is -0.848. The quantitative estimate of drug-likeness (QED) is 0.345. The van der Waals surface area contributed by atoms with Gasteiger partial charge in [0.1, 0.15) is 12.2 Å². The summed E-state index contributed by atoms with van der Waals surface area (Å²) < 4.78 is 16.5. The molecule has 0 N–H and O–H groups in total. The fraction of sp³-hybridized carbons (Fsp3) is 0.273. The Hall–Kier alpha value is -2.76. The molecular formula is C22H24O5. The first-order chi connectivity index (χ1) is 13.2. The fourth-order valence-electron chi connectivity index (χ4n) is 2.37. The molecule has 0 spiro atoms. The van der Waals surface area contributed by atoms with Gasteiger partial charge in [-0.3, -0.25) is 0 Å². The molecule has 0 saturated carbocycles. The molecule has 0 amide bonds. The molecule has 0 aliphatic carbocycles. The Morgan fingerprint density at radius 1 is 0.889 bits per heavy atom. The number of esters is 1. The molecule has 2 unspecified atom stereocenters. The predicted molar refractivity (Wildman–Crippen MR) is 102 cm³/mol. The average Bonchev–Trinajstić information content (AvgIpc) is 2.71. The van der Waals surface area contributed by atoms with E-state index >= 15 is 0 Å². The van der Waals surface area contributed by atoms with E-state index in [2.05, 4.69) is 0 Å². The van der Waals surface area contributed by atoms with E-state index in [4.69, 9.17) is 14.2 Å². The Morgan fingerprint density at radius 3 is 1.89 bits per heavy atom. The molecule has 2 aromatic carbocycles. The summed E-state index contributed by atoms with van der Waals surface area (Å²) in [7, 11) is 0. The third kappa shape index (κ3) is 7.56. The Balaban J connectivity index is 2.04. The van der Waals surface area contributed by atoms with E-state index in [9.17, 15) is 9.59 Å². The molecule has 5 nitrogen and oxygen atoms in total. The van der Waals surface area contributed by atoms with Crippen LogP contribution in [0.1, 0.15) is 18.1 Å². The molecule has 0 saturated heterocycles. The van der Waals surface area contributed by atoms with Gasteiger partial charge in [-0.05, 0) is 24.1 Å². The van der Waals surface area contributed by atoms with Crippen molar-refractivity contribution in [3.63, 3.8) is 0 Å². The van der Waals surface area contributed by atoms with E-state index in [1.807, 2.05) is 60.7 Å². The molecule has 0 aromatic heterocycles. The number of aldehydes is 1. The van der Waals surface area contributed by atoms with Crippen LogP contribution < -0.4 is 0 Å². The second-order valence-corrected chi connectivity index (χ2v) is 5.77. The molecule has 142 valence electrons. The van der Waals surface area contributed by atoms with E-state index < -0.39 is 18.2 Å². The van der Waals surface area contributed by atoms with Gasteiger partial charge in [-0.1, -0.05) is 60.7 Å². The van der Waals surface area contributed by atoms with Crippen molar-refractivity contribution < 1.29 is 23.8 Å². The SMILES string of the molecule is CCOC(=O)/C=C/C(OCc1ccccc1)C(C=O)OCc1ccccc1. The topological polar surface area (TPSA) is 61.8 Å². The van der Waals surface area contributed by atoms with Crippen molar-refractivity contribution in [3.8, 4) is 0 Å². The summed E-state index contributed by atoms with van der Waals surface area (Å²) in [5.74, 6) is -0.487. The van der Waals surface area contributed by atoms with Gasteiger partial charge < -0.3 is 19.0 Å². The molecule has 0 heterocycles. The smallest absolute Gasteiger partial charge is 0.330 e. The van der Waals surface area contributed by atoms with Crippen LogP contribution in [-0.4, -0.2) is 31.1 Å². The van der Waals surface area contributed by atoms with Crippen LogP contribution in [0.25, 0.3) is 0 Å². The zero-order chi connectivity index (χ0) is 19.3. The lowest BCUT2D eigenvalue weighted by molar-refractivity contribution is -0.137. The molecule has 2 atom stereocenters. The summed E-state index contributed by atoms with van der Waals surface area (Å²) in [5.41, 5.74) is 1.90. The minimum Gasteiger partial charge on any atom is -0.463 e. The van der Waals surface area contributed by atoms with Crippen LogP contribution in [-0.2, 0) is 37.0 Å². The van der Waals surface area contributed by atoms with E-state index in [1.165, 1.54) is 12.2 Å².